The molecule has 0 aliphatic carbocycles. The first kappa shape index (κ1) is 12.0. The Bertz CT molecular complexity index is 377. The Morgan fingerprint density at radius 1 is 1.40 bits per heavy atom. The Morgan fingerprint density at radius 2 is 2.13 bits per heavy atom. The minimum absolute atomic E-state index is 0. The molecule has 2 rings (SSSR count). The maximum atomic E-state index is 11.1. The number of amides is 1. The van der Waals surface area contributed by atoms with Crippen molar-refractivity contribution in [3.8, 4) is 0 Å². The largest absolute Gasteiger partial charge is 0.326 e. The van der Waals surface area contributed by atoms with E-state index in [1.165, 1.54) is 5.56 Å². The smallest absolute Gasteiger partial charge is 0.224 e. The molecule has 3 nitrogen and oxygen atoms in total. The molecule has 0 bridgehead atoms. The van der Waals surface area contributed by atoms with E-state index in [2.05, 4.69) is 11.4 Å². The molecule has 0 spiro atoms. The van der Waals surface area contributed by atoms with Crippen LogP contribution in [-0.2, 0) is 11.2 Å². The number of anilines is 1. The van der Waals surface area contributed by atoms with E-state index in [0.29, 0.717) is 6.42 Å². The van der Waals surface area contributed by atoms with Crippen LogP contribution in [0.4, 0.5) is 5.69 Å². The highest BCUT2D eigenvalue weighted by molar-refractivity contribution is 5.93. The number of fused-ring (bicyclic) bond motifs is 1. The van der Waals surface area contributed by atoms with Gasteiger partial charge >= 0.3 is 0 Å². The summed E-state index contributed by atoms with van der Waals surface area (Å²) in [6, 6.07) is 6.04. The fourth-order valence-electron chi connectivity index (χ4n) is 1.69. The van der Waals surface area contributed by atoms with Crippen LogP contribution in [0.1, 0.15) is 30.5 Å². The lowest BCUT2D eigenvalue weighted by molar-refractivity contribution is -0.116. The summed E-state index contributed by atoms with van der Waals surface area (Å²) < 4.78 is 0. The van der Waals surface area contributed by atoms with Gasteiger partial charge in [0.05, 0.1) is 0 Å². The van der Waals surface area contributed by atoms with Crippen LogP contribution in [0, 0.1) is 0 Å². The molecule has 0 aromatic heterocycles. The first-order valence-electron chi connectivity index (χ1n) is 4.85. The van der Waals surface area contributed by atoms with Gasteiger partial charge in [0.1, 0.15) is 0 Å². The van der Waals surface area contributed by atoms with Gasteiger partial charge < -0.3 is 11.1 Å². The van der Waals surface area contributed by atoms with Crippen LogP contribution < -0.4 is 11.1 Å². The lowest BCUT2D eigenvalue weighted by Crippen LogP contribution is -2.19. The van der Waals surface area contributed by atoms with Crippen molar-refractivity contribution < 1.29 is 4.79 Å². The molecule has 1 amide bonds. The normalized spacial score (nSPS) is 16.0. The highest BCUT2D eigenvalue weighted by Gasteiger charge is 2.15. The molecule has 82 valence electrons. The third kappa shape index (κ3) is 2.49. The zero-order valence-electron chi connectivity index (χ0n) is 8.62. The molecule has 1 aromatic carbocycles. The van der Waals surface area contributed by atoms with E-state index in [-0.39, 0.29) is 24.4 Å². The summed E-state index contributed by atoms with van der Waals surface area (Å²) in [6.07, 6.45) is 1.40. The molecule has 4 heteroatoms. The zero-order valence-corrected chi connectivity index (χ0v) is 9.43. The summed E-state index contributed by atoms with van der Waals surface area (Å²) in [5, 5.41) is 2.85. The monoisotopic (exact) mass is 226 g/mol. The first-order chi connectivity index (χ1) is 6.66. The average Bonchev–Trinajstić information content (AvgIpc) is 2.16. The molecule has 0 radical (unpaired) electrons. The van der Waals surface area contributed by atoms with Gasteiger partial charge in [0.25, 0.3) is 0 Å². The molecule has 1 atom stereocenters. The number of nitrogens with two attached hydrogens (primary N) is 1. The molecule has 15 heavy (non-hydrogen) atoms. The Hall–Kier alpha value is -1.06. The summed E-state index contributed by atoms with van der Waals surface area (Å²) in [6.45, 7) is 1.96. The average molecular weight is 227 g/mol. The number of hydrogen-bond donors (Lipinski definition) is 2. The van der Waals surface area contributed by atoms with E-state index in [1.807, 2.05) is 19.1 Å². The van der Waals surface area contributed by atoms with Gasteiger partial charge in [0, 0.05) is 18.2 Å². The van der Waals surface area contributed by atoms with Crippen molar-refractivity contribution in [1.82, 2.24) is 0 Å². The molecule has 1 aliphatic heterocycles. The fourth-order valence-corrected chi connectivity index (χ4v) is 1.69. The number of aryl methyl sites for hydroxylation is 1. The third-order valence-corrected chi connectivity index (χ3v) is 2.55. The maximum Gasteiger partial charge on any atom is 0.224 e. The van der Waals surface area contributed by atoms with Gasteiger partial charge in [-0.2, -0.15) is 0 Å². The molecule has 1 aliphatic rings. The van der Waals surface area contributed by atoms with Crippen LogP contribution in [0.3, 0.4) is 0 Å². The molecule has 0 saturated carbocycles. The van der Waals surface area contributed by atoms with E-state index in [1.54, 1.807) is 0 Å². The van der Waals surface area contributed by atoms with Gasteiger partial charge in [-0.3, -0.25) is 4.79 Å². The highest BCUT2D eigenvalue weighted by Crippen LogP contribution is 2.25. The summed E-state index contributed by atoms with van der Waals surface area (Å²) >= 11 is 0. The van der Waals surface area contributed by atoms with Crippen molar-refractivity contribution in [2.75, 3.05) is 5.32 Å². The Labute approximate surface area is 95.5 Å². The van der Waals surface area contributed by atoms with E-state index >= 15 is 0 Å². The molecule has 1 heterocycles. The van der Waals surface area contributed by atoms with Gasteiger partial charge in [0.15, 0.2) is 0 Å². The van der Waals surface area contributed by atoms with Crippen molar-refractivity contribution in [2.45, 2.75) is 25.8 Å². The molecule has 0 saturated heterocycles. The van der Waals surface area contributed by atoms with Crippen molar-refractivity contribution in [3.05, 3.63) is 29.3 Å². The van der Waals surface area contributed by atoms with E-state index < -0.39 is 0 Å². The molecule has 1 unspecified atom stereocenters. The fraction of sp³-hybridized carbons (Fsp3) is 0.364. The zero-order chi connectivity index (χ0) is 10.1. The van der Waals surface area contributed by atoms with Gasteiger partial charge in [-0.1, -0.05) is 12.1 Å². The topological polar surface area (TPSA) is 55.1 Å². The molecule has 0 fully saturated rings. The van der Waals surface area contributed by atoms with Crippen molar-refractivity contribution in [1.29, 1.82) is 0 Å². The minimum Gasteiger partial charge on any atom is -0.326 e. The van der Waals surface area contributed by atoms with Gasteiger partial charge in [-0.05, 0) is 30.5 Å². The van der Waals surface area contributed by atoms with Gasteiger partial charge in [-0.15, -0.1) is 12.4 Å². The number of carbonyl (C=O) groups is 1. The quantitative estimate of drug-likeness (QED) is 0.770. The second-order valence-electron chi connectivity index (χ2n) is 3.75. The van der Waals surface area contributed by atoms with E-state index in [9.17, 15) is 4.79 Å². The van der Waals surface area contributed by atoms with Crippen molar-refractivity contribution in [2.24, 2.45) is 5.73 Å². The molecule has 1 aromatic rings. The first-order valence-corrected chi connectivity index (χ1v) is 4.85. The van der Waals surface area contributed by atoms with Gasteiger partial charge in [-0.25, -0.2) is 0 Å². The summed E-state index contributed by atoms with van der Waals surface area (Å²) in [5.41, 5.74) is 9.04. The van der Waals surface area contributed by atoms with Crippen LogP contribution in [0.25, 0.3) is 0 Å². The van der Waals surface area contributed by atoms with Crippen LogP contribution in [0.2, 0.25) is 0 Å². The third-order valence-electron chi connectivity index (χ3n) is 2.55. The molecular formula is C11H15ClN2O. The van der Waals surface area contributed by atoms with Crippen LogP contribution in [-0.4, -0.2) is 5.91 Å². The standard InChI is InChI=1S/C11H14N2O.ClH/c1-7(12)8-2-4-10-9(6-8)3-5-11(14)13-10;/h2,4,6-7H,3,5,12H2,1H3,(H,13,14);1H. The SMILES string of the molecule is CC(N)c1ccc2c(c1)CCC(=O)N2.Cl. The Kier molecular flexibility index (Phi) is 3.72. The van der Waals surface area contributed by atoms with Crippen LogP contribution >= 0.6 is 12.4 Å². The van der Waals surface area contributed by atoms with Crippen molar-refractivity contribution in [3.63, 3.8) is 0 Å². The summed E-state index contributed by atoms with van der Waals surface area (Å²) in [7, 11) is 0. The Morgan fingerprint density at radius 3 is 2.80 bits per heavy atom. The van der Waals surface area contributed by atoms with Crippen molar-refractivity contribution >= 4 is 24.0 Å². The molecular weight excluding hydrogens is 212 g/mol. The van der Waals surface area contributed by atoms with Crippen LogP contribution in [0.5, 0.6) is 0 Å². The number of halogens is 1. The number of carbonyl (C=O) groups excluding carboxylic acids is 1. The lowest BCUT2D eigenvalue weighted by atomic mass is 9.98. The summed E-state index contributed by atoms with van der Waals surface area (Å²) in [5.74, 6) is 0.103. The maximum absolute atomic E-state index is 11.1. The van der Waals surface area contributed by atoms with E-state index in [4.69, 9.17) is 5.73 Å². The van der Waals surface area contributed by atoms with Crippen LogP contribution in [0.15, 0.2) is 18.2 Å². The Balaban J connectivity index is 0.00000112. The van der Waals surface area contributed by atoms with E-state index in [0.717, 1.165) is 17.7 Å². The number of rotatable bonds is 1. The number of hydrogen-bond acceptors (Lipinski definition) is 2. The lowest BCUT2D eigenvalue weighted by Gasteiger charge is -2.18. The predicted octanol–water partition coefficient (Wildman–Crippen LogP) is 2.01. The van der Waals surface area contributed by atoms with Gasteiger partial charge in [0.2, 0.25) is 5.91 Å². The number of benzene rings is 1. The highest BCUT2D eigenvalue weighted by atomic mass is 35.5. The number of nitrogens with one attached hydrogen (secondary N) is 1. The minimum atomic E-state index is 0. The summed E-state index contributed by atoms with van der Waals surface area (Å²) in [4.78, 5) is 11.1. The second-order valence-corrected chi connectivity index (χ2v) is 3.75. The second kappa shape index (κ2) is 4.64. The predicted molar refractivity (Wildman–Crippen MR) is 63.2 cm³/mol. The molecule has 3 N–H and O–H groups in total.